The maximum absolute atomic E-state index is 5.47. The summed E-state index contributed by atoms with van der Waals surface area (Å²) in [5.41, 5.74) is 0. The van der Waals surface area contributed by atoms with Crippen LogP contribution in [0.1, 0.15) is 51.2 Å². The number of rotatable bonds is 7. The van der Waals surface area contributed by atoms with Crippen molar-refractivity contribution >= 4 is 29.9 Å². The second kappa shape index (κ2) is 11.8. The number of guanidine groups is 1. The summed E-state index contributed by atoms with van der Waals surface area (Å²) >= 11 is 0. The van der Waals surface area contributed by atoms with Crippen molar-refractivity contribution in [1.82, 2.24) is 10.6 Å². The maximum atomic E-state index is 5.47. The van der Waals surface area contributed by atoms with Gasteiger partial charge >= 0.3 is 0 Å². The third-order valence-corrected chi connectivity index (χ3v) is 5.54. The zero-order valence-electron chi connectivity index (χ0n) is 15.9. The van der Waals surface area contributed by atoms with E-state index in [9.17, 15) is 0 Å². The van der Waals surface area contributed by atoms with Crippen LogP contribution in [0.25, 0.3) is 0 Å². The molecule has 2 fully saturated rings. The molecule has 5 nitrogen and oxygen atoms in total. The van der Waals surface area contributed by atoms with Crippen LogP contribution in [0.4, 0.5) is 0 Å². The number of nitrogens with one attached hydrogen (secondary N) is 2. The molecule has 3 rings (SSSR count). The van der Waals surface area contributed by atoms with Gasteiger partial charge in [-0.25, -0.2) is 0 Å². The molecule has 1 aliphatic heterocycles. The minimum atomic E-state index is 0. The van der Waals surface area contributed by atoms with Gasteiger partial charge in [-0.15, -0.1) is 24.0 Å². The molecular formula is C20H34IN3O2. The van der Waals surface area contributed by atoms with Crippen molar-refractivity contribution < 1.29 is 9.15 Å². The van der Waals surface area contributed by atoms with Gasteiger partial charge < -0.3 is 19.8 Å². The molecule has 0 radical (unpaired) electrons. The molecule has 148 valence electrons. The Hall–Kier alpha value is -0.760. The molecule has 2 N–H and O–H groups in total. The minimum Gasteiger partial charge on any atom is -0.469 e. The lowest BCUT2D eigenvalue weighted by Gasteiger charge is -2.29. The van der Waals surface area contributed by atoms with E-state index in [1.807, 2.05) is 12.1 Å². The van der Waals surface area contributed by atoms with E-state index < -0.39 is 0 Å². The Labute approximate surface area is 174 Å². The van der Waals surface area contributed by atoms with Crippen LogP contribution >= 0.6 is 24.0 Å². The summed E-state index contributed by atoms with van der Waals surface area (Å²) in [6.45, 7) is 5.73. The van der Waals surface area contributed by atoms with Gasteiger partial charge in [0.1, 0.15) is 5.76 Å². The summed E-state index contributed by atoms with van der Waals surface area (Å²) in [4.78, 5) is 4.84. The number of hydrogen-bond acceptors (Lipinski definition) is 3. The summed E-state index contributed by atoms with van der Waals surface area (Å²) in [7, 11) is 0. The number of nitrogens with zero attached hydrogens (tertiary/aromatic N) is 1. The number of furan rings is 1. The van der Waals surface area contributed by atoms with Crippen molar-refractivity contribution in [3.05, 3.63) is 24.2 Å². The molecule has 1 unspecified atom stereocenters. The Balaban J connectivity index is 0.00000243. The Morgan fingerprint density at radius 3 is 2.69 bits per heavy atom. The van der Waals surface area contributed by atoms with Gasteiger partial charge in [-0.2, -0.15) is 0 Å². The molecule has 1 saturated heterocycles. The maximum Gasteiger partial charge on any atom is 0.191 e. The highest BCUT2D eigenvalue weighted by Crippen LogP contribution is 2.26. The monoisotopic (exact) mass is 475 g/mol. The third kappa shape index (κ3) is 7.10. The van der Waals surface area contributed by atoms with Gasteiger partial charge in [0.25, 0.3) is 0 Å². The first-order chi connectivity index (χ1) is 12.3. The van der Waals surface area contributed by atoms with Crippen LogP contribution in [-0.2, 0) is 11.2 Å². The fourth-order valence-electron chi connectivity index (χ4n) is 3.77. The predicted octanol–water partition coefficient (Wildman–Crippen LogP) is 3.98. The largest absolute Gasteiger partial charge is 0.469 e. The lowest BCUT2D eigenvalue weighted by Crippen LogP contribution is -2.45. The summed E-state index contributed by atoms with van der Waals surface area (Å²) in [6, 6.07) is 4.51. The summed E-state index contributed by atoms with van der Waals surface area (Å²) in [6.07, 6.45) is 10.2. The van der Waals surface area contributed by atoms with Crippen molar-refractivity contribution in [1.29, 1.82) is 0 Å². The normalized spacial score (nSPS) is 26.3. The summed E-state index contributed by atoms with van der Waals surface area (Å²) < 4.78 is 10.9. The van der Waals surface area contributed by atoms with Crippen LogP contribution in [0.15, 0.2) is 27.8 Å². The zero-order chi connectivity index (χ0) is 17.3. The predicted molar refractivity (Wildman–Crippen MR) is 116 cm³/mol. The van der Waals surface area contributed by atoms with Crippen molar-refractivity contribution in [3.63, 3.8) is 0 Å². The van der Waals surface area contributed by atoms with Crippen LogP contribution in [0.3, 0.4) is 0 Å². The number of halogens is 1. The molecule has 0 bridgehead atoms. The molecule has 2 aliphatic rings. The van der Waals surface area contributed by atoms with E-state index in [4.69, 9.17) is 14.1 Å². The fourth-order valence-corrected chi connectivity index (χ4v) is 3.77. The van der Waals surface area contributed by atoms with E-state index in [0.29, 0.717) is 12.0 Å². The second-order valence-electron chi connectivity index (χ2n) is 7.45. The Morgan fingerprint density at radius 2 is 2.04 bits per heavy atom. The first-order valence-corrected chi connectivity index (χ1v) is 9.98. The van der Waals surface area contributed by atoms with Crippen molar-refractivity contribution in [3.8, 4) is 0 Å². The fraction of sp³-hybridized carbons (Fsp3) is 0.750. The van der Waals surface area contributed by atoms with Crippen LogP contribution < -0.4 is 10.6 Å². The van der Waals surface area contributed by atoms with Crippen LogP contribution in [0, 0.1) is 11.8 Å². The summed E-state index contributed by atoms with van der Waals surface area (Å²) in [5.74, 6) is 3.46. The highest BCUT2D eigenvalue weighted by molar-refractivity contribution is 14.0. The molecule has 1 aromatic rings. The highest BCUT2D eigenvalue weighted by Gasteiger charge is 2.21. The van der Waals surface area contributed by atoms with Crippen molar-refractivity contribution in [2.45, 2.75) is 57.9 Å². The minimum absolute atomic E-state index is 0. The topological polar surface area (TPSA) is 58.8 Å². The molecule has 0 amide bonds. The Morgan fingerprint density at radius 1 is 1.19 bits per heavy atom. The van der Waals surface area contributed by atoms with E-state index >= 15 is 0 Å². The lowest BCUT2D eigenvalue weighted by atomic mass is 9.84. The molecule has 1 saturated carbocycles. The molecule has 0 aromatic carbocycles. The quantitative estimate of drug-likeness (QED) is 0.356. The van der Waals surface area contributed by atoms with Crippen LogP contribution in [0.2, 0.25) is 0 Å². The van der Waals surface area contributed by atoms with Gasteiger partial charge in [0.2, 0.25) is 0 Å². The van der Waals surface area contributed by atoms with Crippen molar-refractivity contribution in [2.75, 3.05) is 26.3 Å². The number of ether oxygens (including phenoxy) is 1. The van der Waals surface area contributed by atoms with Gasteiger partial charge in [-0.3, -0.25) is 4.99 Å². The lowest BCUT2D eigenvalue weighted by molar-refractivity contribution is 0.187. The molecule has 1 aromatic heterocycles. The van der Waals surface area contributed by atoms with Gasteiger partial charge in [-0.1, -0.05) is 13.3 Å². The molecule has 0 spiro atoms. The van der Waals surface area contributed by atoms with E-state index in [2.05, 4.69) is 17.6 Å². The Kier molecular flexibility index (Phi) is 9.82. The van der Waals surface area contributed by atoms with Crippen LogP contribution in [-0.4, -0.2) is 38.3 Å². The first-order valence-electron chi connectivity index (χ1n) is 9.98. The average molecular weight is 475 g/mol. The Bertz CT molecular complexity index is 507. The van der Waals surface area contributed by atoms with Gasteiger partial charge in [0.05, 0.1) is 12.9 Å². The van der Waals surface area contributed by atoms with E-state index in [0.717, 1.165) is 56.8 Å². The summed E-state index contributed by atoms with van der Waals surface area (Å²) in [5, 5.41) is 7.16. The van der Waals surface area contributed by atoms with E-state index in [1.165, 1.54) is 32.1 Å². The molecule has 2 heterocycles. The first kappa shape index (κ1) is 21.5. The van der Waals surface area contributed by atoms with Gasteiger partial charge in [0.15, 0.2) is 5.96 Å². The molecule has 6 heteroatoms. The molecule has 1 atom stereocenters. The smallest absolute Gasteiger partial charge is 0.191 e. The van der Waals surface area contributed by atoms with E-state index in [1.54, 1.807) is 6.26 Å². The number of aliphatic imine (C=N–C) groups is 1. The molecular weight excluding hydrogens is 441 g/mol. The highest BCUT2D eigenvalue weighted by atomic mass is 127. The average Bonchev–Trinajstić information content (AvgIpc) is 3.34. The second-order valence-corrected chi connectivity index (χ2v) is 7.45. The number of hydrogen-bond donors (Lipinski definition) is 2. The van der Waals surface area contributed by atoms with E-state index in [-0.39, 0.29) is 24.0 Å². The zero-order valence-corrected chi connectivity index (χ0v) is 18.2. The molecule has 26 heavy (non-hydrogen) atoms. The van der Waals surface area contributed by atoms with Gasteiger partial charge in [0, 0.05) is 38.1 Å². The van der Waals surface area contributed by atoms with Crippen molar-refractivity contribution in [2.24, 2.45) is 16.8 Å². The third-order valence-electron chi connectivity index (χ3n) is 5.54. The SMILES string of the molecule is CCC1CCC(NC(=NCC2CCOC2)NCCc2ccco2)CC1.I. The van der Waals surface area contributed by atoms with Gasteiger partial charge in [-0.05, 0) is 50.2 Å². The standard InChI is InChI=1S/C20H33N3O2.HI/c1-2-16-5-7-18(8-6-16)23-20(22-14-17-10-13-24-15-17)21-11-9-19-4-3-12-25-19;/h3-4,12,16-18H,2,5-11,13-15H2,1H3,(H2,21,22,23);1H. The molecule has 1 aliphatic carbocycles. The van der Waals surface area contributed by atoms with Crippen LogP contribution in [0.5, 0.6) is 0 Å².